The van der Waals surface area contributed by atoms with Crippen molar-refractivity contribution in [1.82, 2.24) is 34.3 Å². The molecule has 178 valence electrons. The number of ether oxygens (including phenoxy) is 1. The first kappa shape index (κ1) is 22.1. The highest BCUT2D eigenvalue weighted by atomic mass is 19.1. The summed E-state index contributed by atoms with van der Waals surface area (Å²) in [5.74, 6) is -1.79. The Labute approximate surface area is 195 Å². The zero-order valence-corrected chi connectivity index (χ0v) is 18.3. The molecule has 5 aromatic rings. The van der Waals surface area contributed by atoms with Gasteiger partial charge in [-0.05, 0) is 19.1 Å². The standard InChI is InChI=1S/C22H18F2N8O3/c1-2-35-15(33)10-31-17-18(25)27-19(28-20(17)29-22(31)34)16-13-7-12(23)8-26-21(13)32(30-16)9-11-5-3-4-6-14(11)24/h3-8H,2,9-10H2,1H3,(H3,25,27,28,29,34). The summed E-state index contributed by atoms with van der Waals surface area (Å²) in [6.07, 6.45) is 1.02. The van der Waals surface area contributed by atoms with Crippen LogP contribution >= 0.6 is 0 Å². The molecule has 0 aliphatic carbocycles. The van der Waals surface area contributed by atoms with E-state index in [1.54, 1.807) is 25.1 Å². The number of aromatic nitrogens is 7. The van der Waals surface area contributed by atoms with E-state index in [1.165, 1.54) is 16.8 Å². The molecule has 0 bridgehead atoms. The molecule has 0 unspecified atom stereocenters. The largest absolute Gasteiger partial charge is 0.465 e. The number of nitrogens with two attached hydrogens (primary N) is 1. The number of pyridine rings is 1. The number of hydrogen-bond donors (Lipinski definition) is 2. The zero-order chi connectivity index (χ0) is 24.7. The predicted molar refractivity (Wildman–Crippen MR) is 121 cm³/mol. The Balaban J connectivity index is 1.65. The molecule has 4 aromatic heterocycles. The maximum absolute atomic E-state index is 14.2. The third kappa shape index (κ3) is 3.96. The molecule has 0 atom stereocenters. The lowest BCUT2D eigenvalue weighted by Crippen LogP contribution is -2.23. The summed E-state index contributed by atoms with van der Waals surface area (Å²) in [6.45, 7) is 1.44. The first-order chi connectivity index (χ1) is 16.9. The number of carbonyl (C=O) groups excluding carboxylic acids is 1. The molecule has 0 saturated heterocycles. The van der Waals surface area contributed by atoms with Gasteiger partial charge in [0.05, 0.1) is 24.7 Å². The molecule has 11 nitrogen and oxygen atoms in total. The highest BCUT2D eigenvalue weighted by molar-refractivity contribution is 5.92. The van der Waals surface area contributed by atoms with Crippen LogP contribution in [-0.4, -0.2) is 46.9 Å². The summed E-state index contributed by atoms with van der Waals surface area (Å²) in [5.41, 5.74) is 6.44. The van der Waals surface area contributed by atoms with E-state index in [4.69, 9.17) is 10.5 Å². The quantitative estimate of drug-likeness (QED) is 0.351. The minimum Gasteiger partial charge on any atom is -0.465 e. The molecule has 0 spiro atoms. The summed E-state index contributed by atoms with van der Waals surface area (Å²) in [4.78, 5) is 39.6. The Bertz CT molecular complexity index is 1660. The van der Waals surface area contributed by atoms with Crippen molar-refractivity contribution in [1.29, 1.82) is 0 Å². The summed E-state index contributed by atoms with van der Waals surface area (Å²) < 4.78 is 35.7. The van der Waals surface area contributed by atoms with E-state index in [-0.39, 0.29) is 59.2 Å². The van der Waals surface area contributed by atoms with Gasteiger partial charge in [-0.2, -0.15) is 5.10 Å². The van der Waals surface area contributed by atoms with E-state index >= 15 is 0 Å². The van der Waals surface area contributed by atoms with Gasteiger partial charge in [0.2, 0.25) is 0 Å². The van der Waals surface area contributed by atoms with Crippen molar-refractivity contribution in [2.75, 3.05) is 12.3 Å². The van der Waals surface area contributed by atoms with Gasteiger partial charge in [0.15, 0.2) is 22.9 Å². The number of nitrogens with one attached hydrogen (secondary N) is 1. The molecular weight excluding hydrogens is 462 g/mol. The Morgan fingerprint density at radius 3 is 2.80 bits per heavy atom. The third-order valence-electron chi connectivity index (χ3n) is 5.29. The molecule has 0 saturated carbocycles. The number of aromatic amines is 1. The molecule has 1 aromatic carbocycles. The highest BCUT2D eigenvalue weighted by Gasteiger charge is 2.22. The summed E-state index contributed by atoms with van der Waals surface area (Å²) in [5, 5.41) is 4.73. The number of imidazole rings is 1. The first-order valence-electron chi connectivity index (χ1n) is 10.5. The first-order valence-corrected chi connectivity index (χ1v) is 10.5. The lowest BCUT2D eigenvalue weighted by molar-refractivity contribution is -0.143. The number of nitrogens with zero attached hydrogens (tertiary/aromatic N) is 6. The van der Waals surface area contributed by atoms with E-state index in [0.717, 1.165) is 10.8 Å². The Kier molecular flexibility index (Phi) is 5.43. The minimum atomic E-state index is -0.631. The molecule has 4 heterocycles. The number of benzene rings is 1. The lowest BCUT2D eigenvalue weighted by atomic mass is 10.2. The van der Waals surface area contributed by atoms with Crippen LogP contribution in [0.5, 0.6) is 0 Å². The van der Waals surface area contributed by atoms with Crippen LogP contribution in [0.4, 0.5) is 14.6 Å². The lowest BCUT2D eigenvalue weighted by Gasteiger charge is -2.05. The van der Waals surface area contributed by atoms with Crippen molar-refractivity contribution in [2.45, 2.75) is 20.0 Å². The van der Waals surface area contributed by atoms with E-state index in [2.05, 4.69) is 25.0 Å². The average Bonchev–Trinajstić information content (AvgIpc) is 3.32. The van der Waals surface area contributed by atoms with Gasteiger partial charge < -0.3 is 10.5 Å². The monoisotopic (exact) mass is 480 g/mol. The number of halogens is 2. The van der Waals surface area contributed by atoms with Crippen LogP contribution in [0.1, 0.15) is 12.5 Å². The number of fused-ring (bicyclic) bond motifs is 2. The number of esters is 1. The smallest absolute Gasteiger partial charge is 0.328 e. The Morgan fingerprint density at radius 1 is 1.23 bits per heavy atom. The van der Waals surface area contributed by atoms with Crippen LogP contribution in [0.15, 0.2) is 41.3 Å². The Hall–Kier alpha value is -4.68. The second kappa shape index (κ2) is 8.59. The normalized spacial score (nSPS) is 11.4. The number of hydrogen-bond acceptors (Lipinski definition) is 8. The molecular formula is C22H18F2N8O3. The molecule has 3 N–H and O–H groups in total. The van der Waals surface area contributed by atoms with Gasteiger partial charge >= 0.3 is 11.7 Å². The summed E-state index contributed by atoms with van der Waals surface area (Å²) >= 11 is 0. The number of nitrogen functional groups attached to an aromatic ring is 1. The van der Waals surface area contributed by atoms with Crippen LogP contribution in [0, 0.1) is 11.6 Å². The minimum absolute atomic E-state index is 0.00998. The maximum atomic E-state index is 14.2. The fraction of sp³-hybridized carbons (Fsp3) is 0.182. The molecule has 0 fully saturated rings. The maximum Gasteiger partial charge on any atom is 0.328 e. The fourth-order valence-corrected chi connectivity index (χ4v) is 3.79. The number of anilines is 1. The van der Waals surface area contributed by atoms with E-state index < -0.39 is 23.3 Å². The predicted octanol–water partition coefficient (Wildman–Crippen LogP) is 2.00. The van der Waals surface area contributed by atoms with Crippen LogP contribution in [0.3, 0.4) is 0 Å². The third-order valence-corrected chi connectivity index (χ3v) is 5.29. The van der Waals surface area contributed by atoms with Crippen LogP contribution in [0.2, 0.25) is 0 Å². The summed E-state index contributed by atoms with van der Waals surface area (Å²) in [6, 6.07) is 7.39. The van der Waals surface area contributed by atoms with Gasteiger partial charge in [-0.15, -0.1) is 0 Å². The number of carbonyl (C=O) groups is 1. The van der Waals surface area contributed by atoms with Gasteiger partial charge in [0, 0.05) is 5.56 Å². The molecule has 13 heteroatoms. The van der Waals surface area contributed by atoms with Crippen LogP contribution in [-0.2, 0) is 22.6 Å². The fourth-order valence-electron chi connectivity index (χ4n) is 3.79. The van der Waals surface area contributed by atoms with Gasteiger partial charge in [-0.1, -0.05) is 18.2 Å². The second-order valence-electron chi connectivity index (χ2n) is 7.57. The van der Waals surface area contributed by atoms with Gasteiger partial charge in [0.1, 0.15) is 29.4 Å². The summed E-state index contributed by atoms with van der Waals surface area (Å²) in [7, 11) is 0. The van der Waals surface area contributed by atoms with Crippen molar-refractivity contribution < 1.29 is 18.3 Å². The SMILES string of the molecule is CCOC(=O)Cn1c(=O)[nH]c2nc(-c3nn(Cc4ccccc4F)c4ncc(F)cc34)nc(N)c21. The van der Waals surface area contributed by atoms with E-state index in [0.29, 0.717) is 5.56 Å². The second-order valence-corrected chi connectivity index (χ2v) is 7.57. The van der Waals surface area contributed by atoms with Crippen molar-refractivity contribution in [2.24, 2.45) is 0 Å². The van der Waals surface area contributed by atoms with E-state index in [9.17, 15) is 18.4 Å². The molecule has 0 amide bonds. The highest BCUT2D eigenvalue weighted by Crippen LogP contribution is 2.28. The topological polar surface area (TPSA) is 147 Å². The van der Waals surface area contributed by atoms with Crippen LogP contribution in [0.25, 0.3) is 33.7 Å². The van der Waals surface area contributed by atoms with Crippen molar-refractivity contribution in [3.8, 4) is 11.5 Å². The number of rotatable bonds is 6. The molecule has 0 aliphatic rings. The van der Waals surface area contributed by atoms with Crippen LogP contribution < -0.4 is 11.4 Å². The average molecular weight is 480 g/mol. The van der Waals surface area contributed by atoms with E-state index in [1.807, 2.05) is 0 Å². The van der Waals surface area contributed by atoms with Crippen molar-refractivity contribution in [3.05, 3.63) is 64.2 Å². The van der Waals surface area contributed by atoms with Gasteiger partial charge in [-0.3, -0.25) is 14.3 Å². The molecule has 0 aliphatic heterocycles. The molecule has 0 radical (unpaired) electrons. The van der Waals surface area contributed by atoms with Crippen molar-refractivity contribution in [3.63, 3.8) is 0 Å². The zero-order valence-electron chi connectivity index (χ0n) is 18.3. The van der Waals surface area contributed by atoms with Gasteiger partial charge in [0.25, 0.3) is 0 Å². The van der Waals surface area contributed by atoms with Crippen molar-refractivity contribution >= 4 is 34.0 Å². The Morgan fingerprint density at radius 2 is 2.03 bits per heavy atom. The van der Waals surface area contributed by atoms with Gasteiger partial charge in [-0.25, -0.2) is 33.2 Å². The molecule has 5 rings (SSSR count). The molecule has 35 heavy (non-hydrogen) atoms. The number of H-pyrrole nitrogens is 1.